The molecular weight excluding hydrogens is 288 g/mol. The Balaban J connectivity index is 1.80. The van der Waals surface area contributed by atoms with Crippen LogP contribution in [0.3, 0.4) is 0 Å². The quantitative estimate of drug-likeness (QED) is 0.674. The summed E-state index contributed by atoms with van der Waals surface area (Å²) in [6, 6.07) is 8.15. The van der Waals surface area contributed by atoms with Gasteiger partial charge in [0.15, 0.2) is 11.0 Å². The maximum Gasteiger partial charge on any atom is 0.191 e. The monoisotopic (exact) mass is 302 g/mol. The van der Waals surface area contributed by atoms with Crippen LogP contribution in [0.4, 0.5) is 0 Å². The minimum atomic E-state index is 0.858. The first-order valence-electron chi connectivity index (χ1n) is 6.37. The number of hydrogen-bond donors (Lipinski definition) is 0. The molecule has 0 spiro atoms. The molecule has 0 atom stereocenters. The van der Waals surface area contributed by atoms with Crippen LogP contribution < -0.4 is 0 Å². The first-order chi connectivity index (χ1) is 9.88. The third-order valence-electron chi connectivity index (χ3n) is 2.87. The number of rotatable bonds is 5. The van der Waals surface area contributed by atoms with Gasteiger partial charge in [-0.1, -0.05) is 23.9 Å². The molecule has 0 saturated carbocycles. The van der Waals surface area contributed by atoms with E-state index < -0.39 is 0 Å². The number of hydrogen-bond acceptors (Lipinski definition) is 5. The van der Waals surface area contributed by atoms with Gasteiger partial charge in [-0.05, 0) is 30.0 Å². The zero-order valence-electron chi connectivity index (χ0n) is 11.1. The van der Waals surface area contributed by atoms with Gasteiger partial charge in [0.05, 0.1) is 4.88 Å². The molecule has 0 bridgehead atoms. The fourth-order valence-corrected chi connectivity index (χ4v) is 3.55. The molecule has 3 aromatic heterocycles. The predicted molar refractivity (Wildman–Crippen MR) is 82.8 cm³/mol. The second-order valence-electron chi connectivity index (χ2n) is 4.18. The van der Waals surface area contributed by atoms with E-state index >= 15 is 0 Å². The Morgan fingerprint density at radius 1 is 1.25 bits per heavy atom. The van der Waals surface area contributed by atoms with Crippen molar-refractivity contribution in [2.24, 2.45) is 0 Å². The van der Waals surface area contributed by atoms with Crippen molar-refractivity contribution in [3.05, 3.63) is 47.6 Å². The summed E-state index contributed by atoms with van der Waals surface area (Å²) in [6.07, 6.45) is 3.68. The molecule has 3 heterocycles. The van der Waals surface area contributed by atoms with Crippen molar-refractivity contribution < 1.29 is 0 Å². The predicted octanol–water partition coefficient (Wildman–Crippen LogP) is 3.71. The van der Waals surface area contributed by atoms with Gasteiger partial charge in [-0.3, -0.25) is 4.98 Å². The number of nitrogens with zero attached hydrogens (tertiary/aromatic N) is 4. The highest BCUT2D eigenvalue weighted by Crippen LogP contribution is 2.28. The molecule has 0 amide bonds. The largest absolute Gasteiger partial charge is 0.302 e. The number of thiophene rings is 1. The van der Waals surface area contributed by atoms with Crippen LogP contribution in [0.2, 0.25) is 0 Å². The molecule has 0 aromatic carbocycles. The van der Waals surface area contributed by atoms with Gasteiger partial charge in [0, 0.05) is 24.7 Å². The molecule has 0 aliphatic rings. The topological polar surface area (TPSA) is 43.6 Å². The lowest BCUT2D eigenvalue weighted by Crippen LogP contribution is -1.99. The molecule has 20 heavy (non-hydrogen) atoms. The Labute approximate surface area is 125 Å². The van der Waals surface area contributed by atoms with Gasteiger partial charge >= 0.3 is 0 Å². The van der Waals surface area contributed by atoms with Crippen LogP contribution in [0.5, 0.6) is 0 Å². The summed E-state index contributed by atoms with van der Waals surface area (Å²) in [4.78, 5) is 5.29. The van der Waals surface area contributed by atoms with Crippen molar-refractivity contribution in [2.75, 3.05) is 0 Å². The summed E-state index contributed by atoms with van der Waals surface area (Å²) in [5, 5.41) is 11.7. The second-order valence-corrected chi connectivity index (χ2v) is 6.07. The van der Waals surface area contributed by atoms with E-state index in [1.54, 1.807) is 29.3 Å². The molecule has 102 valence electrons. The molecule has 4 nitrogen and oxygen atoms in total. The zero-order valence-corrected chi connectivity index (χ0v) is 12.7. The zero-order chi connectivity index (χ0) is 13.8. The number of thioether (sulfide) groups is 1. The molecule has 3 rings (SSSR count). The van der Waals surface area contributed by atoms with Gasteiger partial charge in [0.2, 0.25) is 0 Å². The van der Waals surface area contributed by atoms with Crippen molar-refractivity contribution >= 4 is 23.1 Å². The fourth-order valence-electron chi connectivity index (χ4n) is 1.90. The van der Waals surface area contributed by atoms with Crippen LogP contribution >= 0.6 is 23.1 Å². The van der Waals surface area contributed by atoms with Crippen LogP contribution in [0.25, 0.3) is 10.7 Å². The minimum absolute atomic E-state index is 0.858. The Morgan fingerprint density at radius 3 is 2.90 bits per heavy atom. The summed E-state index contributed by atoms with van der Waals surface area (Å²) in [5.41, 5.74) is 1.20. The highest BCUT2D eigenvalue weighted by Gasteiger charge is 2.13. The summed E-state index contributed by atoms with van der Waals surface area (Å²) in [7, 11) is 0. The fraction of sp³-hybridized carbons (Fsp3) is 0.214. The number of pyridine rings is 1. The normalized spacial score (nSPS) is 10.8. The number of aromatic nitrogens is 4. The highest BCUT2D eigenvalue weighted by molar-refractivity contribution is 7.98. The third kappa shape index (κ3) is 2.76. The van der Waals surface area contributed by atoms with Crippen molar-refractivity contribution in [1.29, 1.82) is 0 Å². The summed E-state index contributed by atoms with van der Waals surface area (Å²) >= 11 is 3.39. The first kappa shape index (κ1) is 13.3. The molecule has 3 aromatic rings. The minimum Gasteiger partial charge on any atom is -0.302 e. The van der Waals surface area contributed by atoms with Gasteiger partial charge in [-0.15, -0.1) is 21.5 Å². The third-order valence-corrected chi connectivity index (χ3v) is 4.77. The van der Waals surface area contributed by atoms with Gasteiger partial charge in [-0.25, -0.2) is 0 Å². The molecular formula is C14H14N4S2. The van der Waals surface area contributed by atoms with E-state index in [1.807, 2.05) is 18.3 Å². The highest BCUT2D eigenvalue weighted by atomic mass is 32.2. The van der Waals surface area contributed by atoms with Crippen molar-refractivity contribution in [3.8, 4) is 10.7 Å². The van der Waals surface area contributed by atoms with Crippen LogP contribution in [-0.2, 0) is 12.3 Å². The van der Waals surface area contributed by atoms with Gasteiger partial charge in [0.1, 0.15) is 0 Å². The molecule has 0 fully saturated rings. The van der Waals surface area contributed by atoms with E-state index in [1.165, 1.54) is 5.56 Å². The first-order valence-corrected chi connectivity index (χ1v) is 8.23. The molecule has 6 heteroatoms. The lowest BCUT2D eigenvalue weighted by atomic mass is 10.3. The average Bonchev–Trinajstić information content (AvgIpc) is 3.14. The van der Waals surface area contributed by atoms with E-state index in [9.17, 15) is 0 Å². The van der Waals surface area contributed by atoms with Gasteiger partial charge in [0.25, 0.3) is 0 Å². The molecule has 0 radical (unpaired) electrons. The average molecular weight is 302 g/mol. The van der Waals surface area contributed by atoms with Crippen molar-refractivity contribution in [3.63, 3.8) is 0 Å². The summed E-state index contributed by atoms with van der Waals surface area (Å²) in [5.74, 6) is 1.81. The lowest BCUT2D eigenvalue weighted by molar-refractivity contribution is 0.688. The van der Waals surface area contributed by atoms with Crippen LogP contribution in [0.15, 0.2) is 47.2 Å². The summed E-state index contributed by atoms with van der Waals surface area (Å²) in [6.45, 7) is 2.99. The Hall–Kier alpha value is -1.66. The standard InChI is InChI=1S/C14H14N4S2/c1-2-18-13(12-6-4-8-19-12)16-17-14(18)20-10-11-5-3-7-15-9-11/h3-9H,2,10H2,1H3. The summed E-state index contributed by atoms with van der Waals surface area (Å²) < 4.78 is 2.16. The Kier molecular flexibility index (Phi) is 4.13. The van der Waals surface area contributed by atoms with Crippen LogP contribution in [0, 0.1) is 0 Å². The Bertz CT molecular complexity index is 662. The van der Waals surface area contributed by atoms with Crippen LogP contribution in [0.1, 0.15) is 12.5 Å². The second kappa shape index (κ2) is 6.19. The van der Waals surface area contributed by atoms with E-state index in [2.05, 4.69) is 44.2 Å². The van der Waals surface area contributed by atoms with Gasteiger partial charge < -0.3 is 4.57 Å². The molecule has 0 N–H and O–H groups in total. The van der Waals surface area contributed by atoms with Gasteiger partial charge in [-0.2, -0.15) is 0 Å². The SMILES string of the molecule is CCn1c(SCc2cccnc2)nnc1-c1cccs1. The van der Waals surface area contributed by atoms with E-state index in [4.69, 9.17) is 0 Å². The molecule has 0 unspecified atom stereocenters. The smallest absolute Gasteiger partial charge is 0.191 e. The van der Waals surface area contributed by atoms with Crippen molar-refractivity contribution in [2.45, 2.75) is 24.4 Å². The lowest BCUT2D eigenvalue weighted by Gasteiger charge is -2.05. The van der Waals surface area contributed by atoms with Crippen molar-refractivity contribution in [1.82, 2.24) is 19.7 Å². The maximum absolute atomic E-state index is 4.33. The molecule has 0 saturated heterocycles. The van der Waals surface area contributed by atoms with E-state index in [0.717, 1.165) is 28.2 Å². The van der Waals surface area contributed by atoms with E-state index in [-0.39, 0.29) is 0 Å². The Morgan fingerprint density at radius 2 is 2.20 bits per heavy atom. The maximum atomic E-state index is 4.33. The van der Waals surface area contributed by atoms with E-state index in [0.29, 0.717) is 0 Å². The van der Waals surface area contributed by atoms with Crippen LogP contribution in [-0.4, -0.2) is 19.7 Å². The molecule has 0 aliphatic carbocycles. The molecule has 0 aliphatic heterocycles.